The Kier molecular flexibility index (Phi) is 7.11. The molecule has 10 heteroatoms. The van der Waals surface area contributed by atoms with Crippen LogP contribution in [0.25, 0.3) is 0 Å². The van der Waals surface area contributed by atoms with Gasteiger partial charge < -0.3 is 19.7 Å². The number of carbonyl (C=O) groups is 2. The molecule has 9 nitrogen and oxygen atoms in total. The van der Waals surface area contributed by atoms with E-state index in [4.69, 9.17) is 9.47 Å². The largest absolute Gasteiger partial charge is 0.492 e. The number of rotatable bonds is 8. The van der Waals surface area contributed by atoms with Crippen molar-refractivity contribution in [1.82, 2.24) is 4.31 Å². The standard InChI is InChI=1S/C27H27N3O6S/c31-26-19-36-25-18-21(10-13-24(25)30(26)16-17-35-22-6-2-1-3-7-22)28-27(32)20-8-11-23(12-9-20)37(33,34)29-14-4-5-15-29/h1-3,6-13,18H,4-5,14-17,19H2,(H,28,32). The molecule has 3 aromatic carbocycles. The topological polar surface area (TPSA) is 105 Å². The zero-order valence-electron chi connectivity index (χ0n) is 20.1. The molecule has 2 amide bonds. The number of para-hydroxylation sites is 1. The number of anilines is 2. The number of hydrogen-bond donors (Lipinski definition) is 1. The first-order valence-electron chi connectivity index (χ1n) is 12.1. The first-order chi connectivity index (χ1) is 17.9. The highest BCUT2D eigenvalue weighted by molar-refractivity contribution is 7.89. The predicted octanol–water partition coefficient (Wildman–Crippen LogP) is 3.53. The van der Waals surface area contributed by atoms with Crippen molar-refractivity contribution in [3.8, 4) is 11.5 Å². The van der Waals surface area contributed by atoms with Gasteiger partial charge in [0.15, 0.2) is 6.61 Å². The molecule has 2 aliphatic rings. The van der Waals surface area contributed by atoms with Crippen molar-refractivity contribution in [2.45, 2.75) is 17.7 Å². The molecule has 2 heterocycles. The number of carbonyl (C=O) groups excluding carboxylic acids is 2. The van der Waals surface area contributed by atoms with Crippen molar-refractivity contribution >= 4 is 33.2 Å². The third-order valence-corrected chi connectivity index (χ3v) is 8.22. The molecule has 3 aromatic rings. The number of benzene rings is 3. The summed E-state index contributed by atoms with van der Waals surface area (Å²) in [6, 6.07) is 20.4. The zero-order chi connectivity index (χ0) is 25.8. The van der Waals surface area contributed by atoms with Crippen LogP contribution in [0.4, 0.5) is 11.4 Å². The number of hydrogen-bond acceptors (Lipinski definition) is 6. The molecule has 37 heavy (non-hydrogen) atoms. The SMILES string of the molecule is O=C(Nc1ccc2c(c1)OCC(=O)N2CCOc1ccccc1)c1ccc(S(=O)(=O)N2CCCC2)cc1. The second kappa shape index (κ2) is 10.6. The van der Waals surface area contributed by atoms with Crippen LogP contribution in [-0.4, -0.2) is 57.4 Å². The van der Waals surface area contributed by atoms with Gasteiger partial charge in [0, 0.05) is 30.4 Å². The highest BCUT2D eigenvalue weighted by atomic mass is 32.2. The van der Waals surface area contributed by atoms with Gasteiger partial charge in [-0.25, -0.2) is 8.42 Å². The fourth-order valence-corrected chi connectivity index (χ4v) is 5.88. The van der Waals surface area contributed by atoms with E-state index >= 15 is 0 Å². The van der Waals surface area contributed by atoms with Gasteiger partial charge in [0.25, 0.3) is 11.8 Å². The maximum atomic E-state index is 12.8. The molecule has 5 rings (SSSR count). The van der Waals surface area contributed by atoms with Gasteiger partial charge in [0.1, 0.15) is 18.1 Å². The summed E-state index contributed by atoms with van der Waals surface area (Å²) in [5, 5.41) is 2.81. The van der Waals surface area contributed by atoms with E-state index in [2.05, 4.69) is 5.32 Å². The number of nitrogens with one attached hydrogen (secondary N) is 1. The van der Waals surface area contributed by atoms with E-state index < -0.39 is 10.0 Å². The molecule has 0 saturated carbocycles. The van der Waals surface area contributed by atoms with Gasteiger partial charge >= 0.3 is 0 Å². The minimum absolute atomic E-state index is 0.108. The van der Waals surface area contributed by atoms with Gasteiger partial charge in [-0.2, -0.15) is 4.31 Å². The van der Waals surface area contributed by atoms with Crippen LogP contribution in [0, 0.1) is 0 Å². The second-order valence-electron chi connectivity index (χ2n) is 8.77. The molecule has 0 unspecified atom stereocenters. The third-order valence-electron chi connectivity index (χ3n) is 6.31. The molecular weight excluding hydrogens is 494 g/mol. The smallest absolute Gasteiger partial charge is 0.265 e. The summed E-state index contributed by atoms with van der Waals surface area (Å²) in [5.74, 6) is 0.641. The summed E-state index contributed by atoms with van der Waals surface area (Å²) in [6.07, 6.45) is 1.72. The van der Waals surface area contributed by atoms with Gasteiger partial charge in [-0.3, -0.25) is 9.59 Å². The predicted molar refractivity (Wildman–Crippen MR) is 139 cm³/mol. The van der Waals surface area contributed by atoms with Gasteiger partial charge in [-0.1, -0.05) is 18.2 Å². The Hall–Kier alpha value is -3.89. The van der Waals surface area contributed by atoms with Crippen LogP contribution in [-0.2, 0) is 14.8 Å². The van der Waals surface area contributed by atoms with Crippen LogP contribution in [0.1, 0.15) is 23.2 Å². The van der Waals surface area contributed by atoms with E-state index in [1.807, 2.05) is 30.3 Å². The lowest BCUT2D eigenvalue weighted by Gasteiger charge is -2.29. The maximum absolute atomic E-state index is 12.8. The molecule has 192 valence electrons. The van der Waals surface area contributed by atoms with Crippen LogP contribution in [0.3, 0.4) is 0 Å². The molecule has 1 N–H and O–H groups in total. The minimum Gasteiger partial charge on any atom is -0.492 e. The fourth-order valence-electron chi connectivity index (χ4n) is 4.36. The highest BCUT2D eigenvalue weighted by Gasteiger charge is 2.28. The molecular formula is C27H27N3O6S. The molecule has 0 bridgehead atoms. The average Bonchev–Trinajstić information content (AvgIpc) is 3.47. The van der Waals surface area contributed by atoms with Crippen molar-refractivity contribution in [3.63, 3.8) is 0 Å². The summed E-state index contributed by atoms with van der Waals surface area (Å²) >= 11 is 0. The normalized spacial score (nSPS) is 15.7. The third kappa shape index (κ3) is 5.45. The van der Waals surface area contributed by atoms with Gasteiger partial charge in [0.2, 0.25) is 10.0 Å². The van der Waals surface area contributed by atoms with Crippen LogP contribution >= 0.6 is 0 Å². The lowest BCUT2D eigenvalue weighted by atomic mass is 10.2. The summed E-state index contributed by atoms with van der Waals surface area (Å²) in [5.41, 5.74) is 1.42. The fraction of sp³-hybridized carbons (Fsp3) is 0.259. The lowest BCUT2D eigenvalue weighted by Crippen LogP contribution is -2.41. The number of fused-ring (bicyclic) bond motifs is 1. The van der Waals surface area contributed by atoms with Crippen molar-refractivity contribution in [2.24, 2.45) is 0 Å². The van der Waals surface area contributed by atoms with Crippen LogP contribution in [0.2, 0.25) is 0 Å². The summed E-state index contributed by atoms with van der Waals surface area (Å²) < 4.78 is 38.2. The lowest BCUT2D eigenvalue weighted by molar-refractivity contribution is -0.121. The molecule has 0 aliphatic carbocycles. The molecule has 1 saturated heterocycles. The van der Waals surface area contributed by atoms with Crippen LogP contribution in [0.5, 0.6) is 11.5 Å². The Morgan fingerprint density at radius 1 is 0.973 bits per heavy atom. The van der Waals surface area contributed by atoms with Crippen LogP contribution < -0.4 is 19.7 Å². The van der Waals surface area contributed by atoms with E-state index in [9.17, 15) is 18.0 Å². The van der Waals surface area contributed by atoms with E-state index in [-0.39, 0.29) is 23.3 Å². The average molecular weight is 522 g/mol. The molecule has 2 aliphatic heterocycles. The summed E-state index contributed by atoms with van der Waals surface area (Å²) in [6.45, 7) is 1.60. The molecule has 0 radical (unpaired) electrons. The van der Waals surface area contributed by atoms with E-state index in [0.717, 1.165) is 18.6 Å². The Morgan fingerprint density at radius 2 is 1.70 bits per heavy atom. The number of amides is 2. The summed E-state index contributed by atoms with van der Waals surface area (Å²) in [7, 11) is -3.54. The van der Waals surface area contributed by atoms with Crippen molar-refractivity contribution in [1.29, 1.82) is 0 Å². The van der Waals surface area contributed by atoms with Gasteiger partial charge in [0.05, 0.1) is 17.1 Å². The second-order valence-corrected chi connectivity index (χ2v) is 10.7. The minimum atomic E-state index is -3.54. The maximum Gasteiger partial charge on any atom is 0.265 e. The Morgan fingerprint density at radius 3 is 2.43 bits per heavy atom. The summed E-state index contributed by atoms with van der Waals surface area (Å²) in [4.78, 5) is 27.0. The van der Waals surface area contributed by atoms with E-state index in [0.29, 0.717) is 48.9 Å². The Balaban J connectivity index is 1.24. The van der Waals surface area contributed by atoms with Crippen molar-refractivity contribution in [2.75, 3.05) is 43.1 Å². The van der Waals surface area contributed by atoms with Gasteiger partial charge in [-0.15, -0.1) is 0 Å². The molecule has 0 spiro atoms. The van der Waals surface area contributed by atoms with E-state index in [1.165, 1.54) is 28.6 Å². The van der Waals surface area contributed by atoms with Crippen LogP contribution in [0.15, 0.2) is 77.7 Å². The first-order valence-corrected chi connectivity index (χ1v) is 13.5. The Bertz CT molecular complexity index is 1390. The van der Waals surface area contributed by atoms with Crippen molar-refractivity contribution < 1.29 is 27.5 Å². The highest BCUT2D eigenvalue weighted by Crippen LogP contribution is 2.34. The number of ether oxygens (including phenoxy) is 2. The monoisotopic (exact) mass is 521 g/mol. The number of sulfonamides is 1. The van der Waals surface area contributed by atoms with Gasteiger partial charge in [-0.05, 0) is 61.4 Å². The molecule has 0 atom stereocenters. The number of nitrogens with zero attached hydrogens (tertiary/aromatic N) is 2. The zero-order valence-corrected chi connectivity index (χ0v) is 20.9. The molecule has 0 aromatic heterocycles. The quantitative estimate of drug-likeness (QED) is 0.486. The first kappa shape index (κ1) is 24.8. The Labute approximate surface area is 215 Å². The van der Waals surface area contributed by atoms with E-state index in [1.54, 1.807) is 23.1 Å². The van der Waals surface area contributed by atoms with Crippen molar-refractivity contribution in [3.05, 3.63) is 78.4 Å². The molecule has 1 fully saturated rings.